The first-order valence-electron chi connectivity index (χ1n) is 12.6. The van der Waals surface area contributed by atoms with Crippen molar-refractivity contribution in [3.05, 3.63) is 52.9 Å². The Labute approximate surface area is 236 Å². The Bertz CT molecular complexity index is 1680. The van der Waals surface area contributed by atoms with E-state index in [1.165, 1.54) is 41.4 Å². The number of alkyl halides is 5. The Hall–Kier alpha value is -3.04. The average molecular weight is 619 g/mol. The largest absolute Gasteiger partial charge is 0.401 e. The maximum Gasteiger partial charge on any atom is 0.401 e. The highest BCUT2D eigenvalue weighted by Gasteiger charge is 2.82. The minimum atomic E-state index is -4.66. The molecule has 4 heterocycles. The van der Waals surface area contributed by atoms with E-state index in [0.717, 1.165) is 23.3 Å². The van der Waals surface area contributed by atoms with E-state index in [1.54, 1.807) is 0 Å². The van der Waals surface area contributed by atoms with Crippen molar-refractivity contribution >= 4 is 44.6 Å². The van der Waals surface area contributed by atoms with Crippen molar-refractivity contribution in [2.24, 2.45) is 5.41 Å². The molecule has 0 bridgehead atoms. The zero-order valence-corrected chi connectivity index (χ0v) is 23.3. The summed E-state index contributed by atoms with van der Waals surface area (Å²) in [5, 5.41) is 3.99. The monoisotopic (exact) mass is 618 g/mol. The van der Waals surface area contributed by atoms with Gasteiger partial charge in [0.2, 0.25) is 15.9 Å². The molecule has 2 aliphatic heterocycles. The van der Waals surface area contributed by atoms with Crippen LogP contribution in [0.3, 0.4) is 0 Å². The molecule has 2 aromatic heterocycles. The van der Waals surface area contributed by atoms with Crippen molar-refractivity contribution in [2.45, 2.75) is 37.3 Å². The lowest BCUT2D eigenvalue weighted by atomic mass is 9.87. The quantitative estimate of drug-likeness (QED) is 0.448. The van der Waals surface area contributed by atoms with E-state index in [9.17, 15) is 26.4 Å². The first-order chi connectivity index (χ1) is 19.0. The lowest BCUT2D eigenvalue weighted by Crippen LogP contribution is -2.43. The van der Waals surface area contributed by atoms with E-state index < -0.39 is 51.3 Å². The van der Waals surface area contributed by atoms with Crippen LogP contribution >= 0.6 is 11.6 Å². The molecule has 2 fully saturated rings. The van der Waals surface area contributed by atoms with Gasteiger partial charge in [0, 0.05) is 37.9 Å². The smallest absolute Gasteiger partial charge is 0.340 e. The van der Waals surface area contributed by atoms with Crippen LogP contribution in [-0.4, -0.2) is 77.9 Å². The molecule has 16 heteroatoms. The number of hydrogen-bond acceptors (Lipinski definition) is 6. The molecule has 1 N–H and O–H groups in total. The lowest BCUT2D eigenvalue weighted by molar-refractivity contribution is -0.181. The Balaban J connectivity index is 1.31. The first kappa shape index (κ1) is 28.1. The van der Waals surface area contributed by atoms with Crippen molar-refractivity contribution in [1.29, 1.82) is 0 Å². The van der Waals surface area contributed by atoms with E-state index in [2.05, 4.69) is 14.8 Å². The molecule has 1 aromatic carbocycles. The summed E-state index contributed by atoms with van der Waals surface area (Å²) in [5.74, 6) is -6.13. The number of carbonyl (C=O) groups excluding carboxylic acids is 1. The van der Waals surface area contributed by atoms with Gasteiger partial charge in [-0.25, -0.2) is 31.4 Å². The molecule has 6 rings (SSSR count). The van der Waals surface area contributed by atoms with E-state index in [-0.39, 0.29) is 53.1 Å². The molecule has 9 nitrogen and oxygen atoms in total. The number of halogens is 6. The summed E-state index contributed by atoms with van der Waals surface area (Å²) in [6, 6.07) is 6.97. The second-order valence-electron chi connectivity index (χ2n) is 11.0. The SMILES string of the molecule is C[C@@]1(C(F)(F)F)CN(c2ccc([C@H]3C(F)(F)[C@]3(C)C(=O)N3CCNS(=O)(=O)CC3)cc2)c2cnc3cc(Cl)nn3c21. The van der Waals surface area contributed by atoms with Crippen LogP contribution in [0.2, 0.25) is 5.15 Å². The fourth-order valence-electron chi connectivity index (χ4n) is 6.01. The number of amides is 1. The molecule has 3 aromatic rings. The van der Waals surface area contributed by atoms with Gasteiger partial charge in [-0.1, -0.05) is 23.7 Å². The van der Waals surface area contributed by atoms with Crippen LogP contribution in [0.5, 0.6) is 0 Å². The van der Waals surface area contributed by atoms with Crippen molar-refractivity contribution in [2.75, 3.05) is 36.8 Å². The van der Waals surface area contributed by atoms with E-state index in [0.29, 0.717) is 5.69 Å². The highest BCUT2D eigenvalue weighted by molar-refractivity contribution is 7.89. The Morgan fingerprint density at radius 1 is 1.15 bits per heavy atom. The fraction of sp³-hybridized carbons (Fsp3) is 0.480. The third-order valence-corrected chi connectivity index (χ3v) is 10.0. The van der Waals surface area contributed by atoms with Crippen molar-refractivity contribution in [3.63, 3.8) is 0 Å². The standard InChI is InChI=1S/C25H24ClF5N6O3S/c1-22(25(29,30)31)13-36(16-12-32-18-11-17(26)34-37(18)20(16)22)15-5-3-14(4-6-15)19-23(2,24(19,27)28)21(38)35-8-7-33-41(39,40)10-9-35/h3-6,11-12,19,33H,7-10,13H2,1-2H3/t19-,22-,23+/m1/s1. The summed E-state index contributed by atoms with van der Waals surface area (Å²) in [5.41, 5.74) is -3.84. The maximum absolute atomic E-state index is 15.2. The average Bonchev–Trinajstić information content (AvgIpc) is 3.10. The third-order valence-electron chi connectivity index (χ3n) is 8.50. The Morgan fingerprint density at radius 2 is 1.83 bits per heavy atom. The number of carbonyl (C=O) groups is 1. The van der Waals surface area contributed by atoms with Gasteiger partial charge in [-0.15, -0.1) is 0 Å². The van der Waals surface area contributed by atoms with E-state index in [1.807, 2.05) is 0 Å². The van der Waals surface area contributed by atoms with E-state index >= 15 is 8.78 Å². The van der Waals surface area contributed by atoms with Gasteiger partial charge in [-0.3, -0.25) is 4.79 Å². The predicted octanol–water partition coefficient (Wildman–Crippen LogP) is 3.85. The maximum atomic E-state index is 15.2. The molecule has 1 amide bonds. The second-order valence-corrected chi connectivity index (χ2v) is 13.3. The molecule has 1 saturated carbocycles. The predicted molar refractivity (Wildman–Crippen MR) is 139 cm³/mol. The van der Waals surface area contributed by atoms with Crippen LogP contribution < -0.4 is 9.62 Å². The summed E-state index contributed by atoms with van der Waals surface area (Å²) in [6.45, 7) is 1.38. The fourth-order valence-corrected chi connectivity index (χ4v) is 7.19. The van der Waals surface area contributed by atoms with Crippen LogP contribution in [0.15, 0.2) is 36.5 Å². The topological polar surface area (TPSA) is 99.9 Å². The summed E-state index contributed by atoms with van der Waals surface area (Å²) >= 11 is 5.95. The molecule has 0 spiro atoms. The van der Waals surface area contributed by atoms with Gasteiger partial charge in [0.25, 0.3) is 5.92 Å². The number of nitrogens with one attached hydrogen (secondary N) is 1. The number of sulfonamides is 1. The van der Waals surface area contributed by atoms with Gasteiger partial charge in [-0.05, 0) is 31.5 Å². The molecule has 1 saturated heterocycles. The molecule has 3 aliphatic rings. The zero-order valence-electron chi connectivity index (χ0n) is 21.7. The Kier molecular flexibility index (Phi) is 5.99. The minimum Gasteiger partial charge on any atom is -0.340 e. The number of rotatable bonds is 3. The van der Waals surface area contributed by atoms with Crippen LogP contribution in [0.25, 0.3) is 5.65 Å². The number of aromatic nitrogens is 3. The third kappa shape index (κ3) is 4.02. The number of nitrogens with zero attached hydrogens (tertiary/aromatic N) is 5. The highest BCUT2D eigenvalue weighted by atomic mass is 35.5. The molecule has 41 heavy (non-hydrogen) atoms. The van der Waals surface area contributed by atoms with Crippen LogP contribution in [0.4, 0.5) is 33.3 Å². The van der Waals surface area contributed by atoms with Crippen LogP contribution in [0, 0.1) is 5.41 Å². The van der Waals surface area contributed by atoms with Crippen molar-refractivity contribution in [3.8, 4) is 0 Å². The van der Waals surface area contributed by atoms with Crippen LogP contribution in [0.1, 0.15) is 31.0 Å². The molecular formula is C25H24ClF5N6O3S. The van der Waals surface area contributed by atoms with Crippen molar-refractivity contribution < 1.29 is 35.2 Å². The number of hydrogen-bond donors (Lipinski definition) is 1. The van der Waals surface area contributed by atoms with Gasteiger partial charge in [0.1, 0.15) is 10.8 Å². The lowest BCUT2D eigenvalue weighted by Gasteiger charge is -2.28. The van der Waals surface area contributed by atoms with Gasteiger partial charge in [-0.2, -0.15) is 18.3 Å². The molecule has 1 aliphatic carbocycles. The minimum absolute atomic E-state index is 0.0146. The Morgan fingerprint density at radius 3 is 2.49 bits per heavy atom. The summed E-state index contributed by atoms with van der Waals surface area (Å²) < 4.78 is 101. The van der Waals surface area contributed by atoms with Crippen LogP contribution in [-0.2, 0) is 20.2 Å². The summed E-state index contributed by atoms with van der Waals surface area (Å²) in [7, 11) is -3.59. The molecule has 0 unspecified atom stereocenters. The number of anilines is 2. The first-order valence-corrected chi connectivity index (χ1v) is 14.7. The molecule has 220 valence electrons. The normalized spacial score (nSPS) is 28.9. The summed E-state index contributed by atoms with van der Waals surface area (Å²) in [6.07, 6.45) is -3.36. The zero-order chi connectivity index (χ0) is 29.8. The second kappa shape index (κ2) is 8.74. The molecule has 3 atom stereocenters. The van der Waals surface area contributed by atoms with E-state index in [4.69, 9.17) is 11.6 Å². The number of benzene rings is 1. The molecule has 0 radical (unpaired) electrons. The van der Waals surface area contributed by atoms with Gasteiger partial charge in [0.15, 0.2) is 10.8 Å². The van der Waals surface area contributed by atoms with Gasteiger partial charge >= 0.3 is 6.18 Å². The van der Waals surface area contributed by atoms with Gasteiger partial charge in [0.05, 0.1) is 29.2 Å². The van der Waals surface area contributed by atoms with Gasteiger partial charge < -0.3 is 9.80 Å². The van der Waals surface area contributed by atoms with Crippen molar-refractivity contribution in [1.82, 2.24) is 24.2 Å². The summed E-state index contributed by atoms with van der Waals surface area (Å²) in [4.78, 5) is 19.9. The number of fused-ring (bicyclic) bond motifs is 3. The highest BCUT2D eigenvalue weighted by Crippen LogP contribution is 2.71. The molecular weight excluding hydrogens is 595 g/mol.